The number of para-hydroxylation sites is 3. The smallest absolute Gasteiger partial charge is 0.412 e. The molecule has 0 spiro atoms. The second kappa shape index (κ2) is 15.4. The third-order valence-corrected chi connectivity index (χ3v) is 7.59. The number of ether oxygens (including phenoxy) is 2. The number of hydrogen-bond acceptors (Lipinski definition) is 5. The molecule has 0 saturated carbocycles. The summed E-state index contributed by atoms with van der Waals surface area (Å²) in [4.78, 5) is 40.5. The van der Waals surface area contributed by atoms with Crippen LogP contribution in [-0.4, -0.2) is 38.1 Å². The maximum atomic E-state index is 13.6. The van der Waals surface area contributed by atoms with Crippen LogP contribution in [0.5, 0.6) is 11.5 Å². The highest BCUT2D eigenvalue weighted by Crippen LogP contribution is 2.30. The van der Waals surface area contributed by atoms with Gasteiger partial charge >= 0.3 is 6.09 Å². The largest absolute Gasteiger partial charge is 0.491 e. The van der Waals surface area contributed by atoms with Gasteiger partial charge in [-0.05, 0) is 85.5 Å². The lowest BCUT2D eigenvalue weighted by atomic mass is 9.98. The van der Waals surface area contributed by atoms with Crippen LogP contribution in [0.25, 0.3) is 11.1 Å². The lowest BCUT2D eigenvalue weighted by Gasteiger charge is -2.21. The summed E-state index contributed by atoms with van der Waals surface area (Å²) in [5.74, 6) is 0.562. The van der Waals surface area contributed by atoms with E-state index in [1.165, 1.54) is 4.90 Å². The Morgan fingerprint density at radius 1 is 0.766 bits per heavy atom. The molecule has 8 nitrogen and oxygen atoms in total. The maximum Gasteiger partial charge on any atom is 0.412 e. The standard InChI is InChI=1S/C39H37N3O5/c1-27-18-20-29(21-19-27)32-14-7-8-15-33(32)37(43)41-34-23-22-30(26-28(34)2)38(44)42(3)35-16-9-10-17-36(35)46-25-11-24-40-39(45)47-31-12-5-4-6-13-31/h4-10,12-23,26H,11,24-25H2,1-3H3,(H,40,45)(H,41,43). The molecule has 0 aromatic heterocycles. The monoisotopic (exact) mass is 627 g/mol. The molecule has 5 rings (SSSR count). The van der Waals surface area contributed by atoms with E-state index in [-0.39, 0.29) is 11.8 Å². The average Bonchev–Trinajstić information content (AvgIpc) is 3.09. The summed E-state index contributed by atoms with van der Waals surface area (Å²) in [6, 6.07) is 36.9. The Morgan fingerprint density at radius 3 is 2.23 bits per heavy atom. The van der Waals surface area contributed by atoms with Gasteiger partial charge in [0, 0.05) is 30.4 Å². The van der Waals surface area contributed by atoms with Gasteiger partial charge in [-0.2, -0.15) is 0 Å². The number of benzene rings is 5. The minimum Gasteiger partial charge on any atom is -0.491 e. The summed E-state index contributed by atoms with van der Waals surface area (Å²) in [5, 5.41) is 5.72. The number of amides is 3. The van der Waals surface area contributed by atoms with E-state index in [1.807, 2.05) is 86.6 Å². The highest BCUT2D eigenvalue weighted by atomic mass is 16.6. The van der Waals surface area contributed by atoms with Crippen LogP contribution >= 0.6 is 0 Å². The van der Waals surface area contributed by atoms with Gasteiger partial charge < -0.3 is 25.0 Å². The predicted molar refractivity (Wildman–Crippen MR) is 186 cm³/mol. The van der Waals surface area contributed by atoms with Gasteiger partial charge in [-0.3, -0.25) is 9.59 Å². The molecule has 0 saturated heterocycles. The highest BCUT2D eigenvalue weighted by molar-refractivity contribution is 6.10. The second-order valence-electron chi connectivity index (χ2n) is 11.1. The summed E-state index contributed by atoms with van der Waals surface area (Å²) in [6.45, 7) is 4.58. The Morgan fingerprint density at radius 2 is 1.47 bits per heavy atom. The molecule has 0 aliphatic heterocycles. The molecule has 0 aliphatic rings. The number of hydrogen-bond donors (Lipinski definition) is 2. The fourth-order valence-corrected chi connectivity index (χ4v) is 5.03. The Kier molecular flexibility index (Phi) is 10.7. The molecule has 0 fully saturated rings. The van der Waals surface area contributed by atoms with Crippen molar-refractivity contribution in [2.75, 3.05) is 30.4 Å². The van der Waals surface area contributed by atoms with E-state index in [0.717, 1.165) is 22.3 Å². The number of aryl methyl sites for hydroxylation is 2. The first-order valence-corrected chi connectivity index (χ1v) is 15.4. The molecule has 0 aliphatic carbocycles. The van der Waals surface area contributed by atoms with Crippen LogP contribution < -0.4 is 25.0 Å². The molecular weight excluding hydrogens is 590 g/mol. The molecule has 0 heterocycles. The Hall–Kier alpha value is -5.89. The summed E-state index contributed by atoms with van der Waals surface area (Å²) in [7, 11) is 1.69. The molecule has 8 heteroatoms. The van der Waals surface area contributed by atoms with Gasteiger partial charge in [0.2, 0.25) is 0 Å². The van der Waals surface area contributed by atoms with Crippen LogP contribution in [0.2, 0.25) is 0 Å². The first-order chi connectivity index (χ1) is 22.8. The number of nitrogens with zero attached hydrogens (tertiary/aromatic N) is 1. The van der Waals surface area contributed by atoms with E-state index in [0.29, 0.717) is 53.6 Å². The number of carbonyl (C=O) groups is 3. The highest BCUT2D eigenvalue weighted by Gasteiger charge is 2.19. The normalized spacial score (nSPS) is 10.5. The second-order valence-corrected chi connectivity index (χ2v) is 11.1. The van der Waals surface area contributed by atoms with Gasteiger partial charge in [-0.15, -0.1) is 0 Å². The molecule has 238 valence electrons. The SMILES string of the molecule is Cc1ccc(-c2ccccc2C(=O)Nc2ccc(C(=O)N(C)c3ccccc3OCCCNC(=O)Oc3ccccc3)cc2C)cc1. The molecule has 0 unspecified atom stereocenters. The Labute approximate surface area is 275 Å². The van der Waals surface area contributed by atoms with Crippen molar-refractivity contribution in [3.63, 3.8) is 0 Å². The quantitative estimate of drug-likeness (QED) is 0.144. The van der Waals surface area contributed by atoms with Crippen LogP contribution in [0.1, 0.15) is 38.3 Å². The zero-order chi connectivity index (χ0) is 33.2. The van der Waals surface area contributed by atoms with E-state index >= 15 is 0 Å². The van der Waals surface area contributed by atoms with Crippen molar-refractivity contribution >= 4 is 29.3 Å². The van der Waals surface area contributed by atoms with E-state index < -0.39 is 6.09 Å². The molecule has 2 N–H and O–H groups in total. The van der Waals surface area contributed by atoms with Crippen molar-refractivity contribution in [3.05, 3.63) is 144 Å². The van der Waals surface area contributed by atoms with Gasteiger partial charge in [0.1, 0.15) is 11.5 Å². The van der Waals surface area contributed by atoms with Crippen molar-refractivity contribution in [3.8, 4) is 22.6 Å². The van der Waals surface area contributed by atoms with Gasteiger partial charge in [0.25, 0.3) is 11.8 Å². The zero-order valence-electron chi connectivity index (χ0n) is 26.7. The number of carbonyl (C=O) groups excluding carboxylic acids is 3. The Balaban J connectivity index is 1.19. The van der Waals surface area contributed by atoms with Crippen LogP contribution in [0.15, 0.2) is 121 Å². The lowest BCUT2D eigenvalue weighted by Crippen LogP contribution is -2.29. The van der Waals surface area contributed by atoms with Crippen molar-refractivity contribution in [1.82, 2.24) is 5.32 Å². The van der Waals surface area contributed by atoms with Crippen LogP contribution in [0, 0.1) is 13.8 Å². The molecule has 3 amide bonds. The summed E-state index contributed by atoms with van der Waals surface area (Å²) < 4.78 is 11.2. The van der Waals surface area contributed by atoms with E-state index in [4.69, 9.17) is 9.47 Å². The summed E-state index contributed by atoms with van der Waals surface area (Å²) >= 11 is 0. The number of anilines is 2. The van der Waals surface area contributed by atoms with Gasteiger partial charge in [0.05, 0.1) is 12.3 Å². The molecule has 47 heavy (non-hydrogen) atoms. The van der Waals surface area contributed by atoms with Gasteiger partial charge in [-0.1, -0.05) is 78.4 Å². The fourth-order valence-electron chi connectivity index (χ4n) is 5.03. The van der Waals surface area contributed by atoms with Crippen molar-refractivity contribution in [2.24, 2.45) is 0 Å². The number of rotatable bonds is 11. The zero-order valence-corrected chi connectivity index (χ0v) is 26.7. The fraction of sp³-hybridized carbons (Fsp3) is 0.154. The molecule has 0 atom stereocenters. The predicted octanol–water partition coefficient (Wildman–Crippen LogP) is 8.06. The topological polar surface area (TPSA) is 97.0 Å². The van der Waals surface area contributed by atoms with Crippen LogP contribution in [0.3, 0.4) is 0 Å². The van der Waals surface area contributed by atoms with Crippen molar-refractivity contribution < 1.29 is 23.9 Å². The molecule has 5 aromatic carbocycles. The molecular formula is C39H37N3O5. The number of nitrogens with one attached hydrogen (secondary N) is 2. The molecule has 0 bridgehead atoms. The summed E-state index contributed by atoms with van der Waals surface area (Å²) in [5.41, 5.74) is 5.98. The first kappa shape index (κ1) is 32.5. The van der Waals surface area contributed by atoms with E-state index in [1.54, 1.807) is 55.6 Å². The van der Waals surface area contributed by atoms with Crippen molar-refractivity contribution in [2.45, 2.75) is 20.3 Å². The Bertz CT molecular complexity index is 1860. The molecule has 0 radical (unpaired) electrons. The third-order valence-electron chi connectivity index (χ3n) is 7.59. The van der Waals surface area contributed by atoms with Crippen LogP contribution in [0.4, 0.5) is 16.2 Å². The average molecular weight is 628 g/mol. The minimum absolute atomic E-state index is 0.225. The molecule has 5 aromatic rings. The van der Waals surface area contributed by atoms with Gasteiger partial charge in [-0.25, -0.2) is 4.79 Å². The van der Waals surface area contributed by atoms with E-state index in [2.05, 4.69) is 10.6 Å². The van der Waals surface area contributed by atoms with E-state index in [9.17, 15) is 14.4 Å². The lowest BCUT2D eigenvalue weighted by molar-refractivity contribution is 0.0990. The van der Waals surface area contributed by atoms with Gasteiger partial charge in [0.15, 0.2) is 0 Å². The maximum absolute atomic E-state index is 13.6. The van der Waals surface area contributed by atoms with Crippen molar-refractivity contribution in [1.29, 1.82) is 0 Å². The first-order valence-electron chi connectivity index (χ1n) is 15.4. The third kappa shape index (κ3) is 8.43. The summed E-state index contributed by atoms with van der Waals surface area (Å²) in [6.07, 6.45) is 0.00691. The minimum atomic E-state index is -0.533. The van der Waals surface area contributed by atoms with Crippen LogP contribution in [-0.2, 0) is 0 Å².